The van der Waals surface area contributed by atoms with Crippen molar-refractivity contribution in [3.05, 3.63) is 95.8 Å². The molecule has 34 heavy (non-hydrogen) atoms. The molecule has 1 amide bonds. The van der Waals surface area contributed by atoms with E-state index in [4.69, 9.17) is 0 Å². The second kappa shape index (κ2) is 7.22. The van der Waals surface area contributed by atoms with Crippen LogP contribution in [0.15, 0.2) is 79.1 Å². The van der Waals surface area contributed by atoms with Crippen molar-refractivity contribution >= 4 is 34.4 Å². The third kappa shape index (κ3) is 2.51. The zero-order chi connectivity index (χ0) is 23.6. The standard InChI is InChI=1S/C28H23N3O3/c1-16-15-23-28(20-8-4-5-9-21(20)30-27(28)34)24(26(33)18-11-13-29-14-12-18)25(17(2)32)31(23)22-10-6-3-7-19(16)22/h3-15,23-25H,1-2H3,(H,30,34)/t23-,24-,25-,28+/m1/s1. The highest BCUT2D eigenvalue weighted by Gasteiger charge is 2.70. The van der Waals surface area contributed by atoms with Gasteiger partial charge in [0.05, 0.1) is 18.0 Å². The molecule has 4 atom stereocenters. The van der Waals surface area contributed by atoms with Gasteiger partial charge in [0.25, 0.3) is 0 Å². The highest BCUT2D eigenvalue weighted by Crippen LogP contribution is 2.58. The van der Waals surface area contributed by atoms with E-state index in [0.717, 1.165) is 22.4 Å². The highest BCUT2D eigenvalue weighted by molar-refractivity contribution is 6.16. The lowest BCUT2D eigenvalue weighted by atomic mass is 9.64. The van der Waals surface area contributed by atoms with Crippen molar-refractivity contribution < 1.29 is 14.4 Å². The van der Waals surface area contributed by atoms with Crippen LogP contribution in [0.1, 0.15) is 35.3 Å². The van der Waals surface area contributed by atoms with Crippen LogP contribution in [0.5, 0.6) is 0 Å². The highest BCUT2D eigenvalue weighted by atomic mass is 16.2. The van der Waals surface area contributed by atoms with E-state index in [-0.39, 0.29) is 17.5 Å². The van der Waals surface area contributed by atoms with Gasteiger partial charge in [0.15, 0.2) is 11.6 Å². The van der Waals surface area contributed by atoms with Crippen LogP contribution in [0.2, 0.25) is 0 Å². The van der Waals surface area contributed by atoms with Crippen LogP contribution >= 0.6 is 0 Å². The number of pyridine rings is 1. The van der Waals surface area contributed by atoms with Gasteiger partial charge in [-0.2, -0.15) is 0 Å². The number of fused-ring (bicyclic) bond motifs is 6. The Hall–Kier alpha value is -4.06. The third-order valence-electron chi connectivity index (χ3n) is 7.55. The van der Waals surface area contributed by atoms with Crippen LogP contribution in [0.4, 0.5) is 11.4 Å². The summed E-state index contributed by atoms with van der Waals surface area (Å²) in [5, 5.41) is 3.03. The molecule has 1 fully saturated rings. The normalized spacial score (nSPS) is 26.4. The Bertz CT molecular complexity index is 1400. The number of ketones is 2. The van der Waals surface area contributed by atoms with Crippen molar-refractivity contribution in [1.82, 2.24) is 4.98 Å². The maximum atomic E-state index is 14.2. The van der Waals surface area contributed by atoms with Crippen molar-refractivity contribution in [1.29, 1.82) is 0 Å². The molecule has 1 spiro atoms. The maximum absolute atomic E-state index is 14.2. The van der Waals surface area contributed by atoms with Gasteiger partial charge < -0.3 is 10.2 Å². The molecule has 1 aromatic heterocycles. The zero-order valence-corrected chi connectivity index (χ0v) is 18.9. The summed E-state index contributed by atoms with van der Waals surface area (Å²) in [6.45, 7) is 3.53. The van der Waals surface area contributed by atoms with E-state index in [1.807, 2.05) is 60.4 Å². The number of aromatic nitrogens is 1. The summed E-state index contributed by atoms with van der Waals surface area (Å²) < 4.78 is 0. The van der Waals surface area contributed by atoms with Crippen molar-refractivity contribution in [3.8, 4) is 0 Å². The van der Waals surface area contributed by atoms with Crippen LogP contribution < -0.4 is 10.2 Å². The average Bonchev–Trinajstić information content (AvgIpc) is 3.32. The number of nitrogens with zero attached hydrogens (tertiary/aromatic N) is 2. The van der Waals surface area contributed by atoms with Crippen molar-refractivity contribution in [2.24, 2.45) is 5.92 Å². The van der Waals surface area contributed by atoms with E-state index in [9.17, 15) is 14.4 Å². The van der Waals surface area contributed by atoms with E-state index < -0.39 is 23.4 Å². The van der Waals surface area contributed by atoms with Crippen molar-refractivity contribution in [2.75, 3.05) is 10.2 Å². The number of hydrogen-bond acceptors (Lipinski definition) is 5. The van der Waals surface area contributed by atoms with E-state index in [1.54, 1.807) is 24.5 Å². The molecule has 3 aliphatic heterocycles. The Morgan fingerprint density at radius 1 is 1.00 bits per heavy atom. The van der Waals surface area contributed by atoms with Gasteiger partial charge in [0, 0.05) is 34.9 Å². The number of benzene rings is 2. The summed E-state index contributed by atoms with van der Waals surface area (Å²) >= 11 is 0. The number of rotatable bonds is 3. The predicted octanol–water partition coefficient (Wildman–Crippen LogP) is 4.03. The Morgan fingerprint density at radius 2 is 1.71 bits per heavy atom. The molecule has 0 saturated carbocycles. The van der Waals surface area contributed by atoms with Gasteiger partial charge in [0.1, 0.15) is 5.41 Å². The van der Waals surface area contributed by atoms with E-state index in [0.29, 0.717) is 11.3 Å². The quantitative estimate of drug-likeness (QED) is 0.611. The lowest BCUT2D eigenvalue weighted by Gasteiger charge is -2.39. The molecule has 3 aliphatic rings. The molecule has 6 rings (SSSR count). The number of amides is 1. The van der Waals surface area contributed by atoms with Gasteiger partial charge in [0.2, 0.25) is 5.91 Å². The fraction of sp³-hybridized carbons (Fsp3) is 0.214. The van der Waals surface area contributed by atoms with Gasteiger partial charge in [-0.1, -0.05) is 42.5 Å². The molecule has 0 unspecified atom stereocenters. The number of anilines is 2. The summed E-state index contributed by atoms with van der Waals surface area (Å²) in [5.74, 6) is -1.53. The van der Waals surface area contributed by atoms with Crippen molar-refractivity contribution in [3.63, 3.8) is 0 Å². The summed E-state index contributed by atoms with van der Waals surface area (Å²) in [4.78, 5) is 47.6. The Labute approximate surface area is 197 Å². The predicted molar refractivity (Wildman–Crippen MR) is 130 cm³/mol. The van der Waals surface area contributed by atoms with Crippen LogP contribution in [-0.2, 0) is 15.0 Å². The minimum Gasteiger partial charge on any atom is -0.352 e. The van der Waals surface area contributed by atoms with Crippen molar-refractivity contribution in [2.45, 2.75) is 31.3 Å². The monoisotopic (exact) mass is 449 g/mol. The number of carbonyl (C=O) groups excluding carboxylic acids is 3. The molecule has 1 N–H and O–H groups in total. The van der Waals surface area contributed by atoms with Crippen LogP contribution in [0, 0.1) is 5.92 Å². The summed E-state index contributed by atoms with van der Waals surface area (Å²) in [5.41, 5.74) is 3.54. The maximum Gasteiger partial charge on any atom is 0.238 e. The Balaban J connectivity index is 1.69. The van der Waals surface area contributed by atoms with E-state index in [1.165, 1.54) is 6.92 Å². The molecule has 2 aromatic carbocycles. The Morgan fingerprint density at radius 3 is 2.47 bits per heavy atom. The zero-order valence-electron chi connectivity index (χ0n) is 18.9. The Kier molecular flexibility index (Phi) is 4.36. The number of carbonyl (C=O) groups is 3. The van der Waals surface area contributed by atoms with Gasteiger partial charge in [-0.25, -0.2) is 0 Å². The minimum absolute atomic E-state index is 0.144. The van der Waals surface area contributed by atoms with Gasteiger partial charge in [-0.3, -0.25) is 19.4 Å². The van der Waals surface area contributed by atoms with Crippen LogP contribution in [0.3, 0.4) is 0 Å². The first-order valence-electron chi connectivity index (χ1n) is 11.4. The lowest BCUT2D eigenvalue weighted by Crippen LogP contribution is -2.51. The first-order chi connectivity index (χ1) is 16.5. The van der Waals surface area contributed by atoms with Crippen LogP contribution in [-0.4, -0.2) is 34.5 Å². The molecular formula is C28H23N3O3. The van der Waals surface area contributed by atoms with Gasteiger partial charge in [-0.15, -0.1) is 0 Å². The second-order valence-electron chi connectivity index (χ2n) is 9.22. The smallest absolute Gasteiger partial charge is 0.238 e. The first-order valence-corrected chi connectivity index (χ1v) is 11.4. The molecule has 0 bridgehead atoms. The van der Waals surface area contributed by atoms with Gasteiger partial charge >= 0.3 is 0 Å². The molecule has 0 aliphatic carbocycles. The van der Waals surface area contributed by atoms with E-state index >= 15 is 0 Å². The summed E-state index contributed by atoms with van der Waals surface area (Å²) in [7, 11) is 0. The molecular weight excluding hydrogens is 426 g/mol. The van der Waals surface area contributed by atoms with Crippen LogP contribution in [0.25, 0.3) is 5.57 Å². The average molecular weight is 450 g/mol. The summed E-state index contributed by atoms with van der Waals surface area (Å²) in [6, 6.07) is 17.4. The lowest BCUT2D eigenvalue weighted by molar-refractivity contribution is -0.122. The number of para-hydroxylation sites is 2. The molecule has 6 nitrogen and oxygen atoms in total. The largest absolute Gasteiger partial charge is 0.352 e. The fourth-order valence-electron chi connectivity index (χ4n) is 6.24. The minimum atomic E-state index is -1.25. The topological polar surface area (TPSA) is 79.4 Å². The molecule has 1 saturated heterocycles. The molecule has 3 aromatic rings. The molecule has 6 heteroatoms. The molecule has 168 valence electrons. The number of allylic oxidation sites excluding steroid dienone is 1. The third-order valence-corrected chi connectivity index (χ3v) is 7.55. The van der Waals surface area contributed by atoms with E-state index in [2.05, 4.69) is 16.4 Å². The number of Topliss-reactive ketones (excluding diaryl/α,β-unsaturated/α-hetero) is 2. The molecule has 0 radical (unpaired) electrons. The molecule has 4 heterocycles. The SMILES string of the molecule is CC(=O)[C@@H]1[C@H](C(=O)c2ccncc2)[C@@]2(C(=O)Nc3ccccc32)[C@H]2C=C(C)c3ccccc3N12. The number of nitrogens with one attached hydrogen (secondary N) is 1. The van der Waals surface area contributed by atoms with Gasteiger partial charge in [-0.05, 0) is 49.2 Å². The first kappa shape index (κ1) is 20.5. The second-order valence-corrected chi connectivity index (χ2v) is 9.22. The fourth-order valence-corrected chi connectivity index (χ4v) is 6.24. The number of hydrogen-bond donors (Lipinski definition) is 1. The summed E-state index contributed by atoms with van der Waals surface area (Å²) in [6.07, 6.45) is 5.18.